The highest BCUT2D eigenvalue weighted by atomic mass is 16.5. The van der Waals surface area contributed by atoms with E-state index in [-0.39, 0.29) is 6.04 Å². The van der Waals surface area contributed by atoms with Gasteiger partial charge in [-0.25, -0.2) is 4.68 Å². The number of hydrogen-bond acceptors (Lipinski definition) is 6. The van der Waals surface area contributed by atoms with Crippen LogP contribution in [0.5, 0.6) is 0 Å². The van der Waals surface area contributed by atoms with E-state index in [1.807, 2.05) is 4.68 Å². The molecular formula is C21H34N6O. The van der Waals surface area contributed by atoms with Crippen molar-refractivity contribution in [2.75, 3.05) is 44.8 Å². The third kappa shape index (κ3) is 4.89. The Morgan fingerprint density at radius 3 is 2.54 bits per heavy atom. The molecule has 3 rings (SSSR count). The van der Waals surface area contributed by atoms with Crippen molar-refractivity contribution in [3.8, 4) is 0 Å². The van der Waals surface area contributed by atoms with Crippen LogP contribution in [0.2, 0.25) is 0 Å². The Kier molecular flexibility index (Phi) is 7.02. The van der Waals surface area contributed by atoms with Crippen molar-refractivity contribution in [2.45, 2.75) is 46.7 Å². The number of anilines is 1. The van der Waals surface area contributed by atoms with E-state index in [2.05, 4.69) is 71.2 Å². The van der Waals surface area contributed by atoms with Gasteiger partial charge in [-0.15, -0.1) is 5.10 Å². The van der Waals surface area contributed by atoms with Crippen LogP contribution in [-0.2, 0) is 11.3 Å². The largest absolute Gasteiger partial charge is 0.383 e. The molecule has 1 aliphatic heterocycles. The van der Waals surface area contributed by atoms with Crippen LogP contribution in [0.3, 0.4) is 0 Å². The minimum Gasteiger partial charge on any atom is -0.383 e. The van der Waals surface area contributed by atoms with E-state index in [4.69, 9.17) is 4.74 Å². The smallest absolute Gasteiger partial charge is 0.168 e. The second-order valence-electron chi connectivity index (χ2n) is 8.21. The standard InChI is InChI=1S/C21H34N6O/c1-16(2)14-20(21-22-23-24-27(21)12-13-28-5)26-10-8-25(9-11-26)19-15-17(3)6-7-18(19)4/h6-7,15-16,20H,8-14H2,1-5H3. The summed E-state index contributed by atoms with van der Waals surface area (Å²) in [4.78, 5) is 5.07. The highest BCUT2D eigenvalue weighted by Gasteiger charge is 2.30. The first-order valence-electron chi connectivity index (χ1n) is 10.3. The zero-order valence-corrected chi connectivity index (χ0v) is 17.9. The molecule has 1 saturated heterocycles. The van der Waals surface area contributed by atoms with E-state index in [9.17, 15) is 0 Å². The number of tetrazole rings is 1. The van der Waals surface area contributed by atoms with Crippen molar-refractivity contribution in [1.82, 2.24) is 25.1 Å². The van der Waals surface area contributed by atoms with Gasteiger partial charge in [0.15, 0.2) is 5.82 Å². The number of rotatable bonds is 8. The summed E-state index contributed by atoms with van der Waals surface area (Å²) >= 11 is 0. The zero-order chi connectivity index (χ0) is 20.1. The van der Waals surface area contributed by atoms with Gasteiger partial charge >= 0.3 is 0 Å². The maximum absolute atomic E-state index is 5.22. The SMILES string of the molecule is COCCn1nnnc1C(CC(C)C)N1CCN(c2cc(C)ccc2C)CC1. The molecule has 0 spiro atoms. The maximum Gasteiger partial charge on any atom is 0.168 e. The van der Waals surface area contributed by atoms with Crippen LogP contribution < -0.4 is 4.90 Å². The molecule has 0 saturated carbocycles. The second kappa shape index (κ2) is 9.47. The molecule has 7 nitrogen and oxygen atoms in total. The van der Waals surface area contributed by atoms with Crippen molar-refractivity contribution in [3.63, 3.8) is 0 Å². The van der Waals surface area contributed by atoms with Crippen LogP contribution >= 0.6 is 0 Å². The molecule has 1 aromatic heterocycles. The normalized spacial score (nSPS) is 16.7. The fraction of sp³-hybridized carbons (Fsp3) is 0.667. The summed E-state index contributed by atoms with van der Waals surface area (Å²) in [7, 11) is 1.71. The number of piperazine rings is 1. The molecule has 28 heavy (non-hydrogen) atoms. The summed E-state index contributed by atoms with van der Waals surface area (Å²) in [5.41, 5.74) is 4.03. The number of nitrogens with zero attached hydrogens (tertiary/aromatic N) is 6. The Balaban J connectivity index is 1.73. The van der Waals surface area contributed by atoms with Gasteiger partial charge in [-0.05, 0) is 53.8 Å². The first kappa shape index (κ1) is 20.7. The lowest BCUT2D eigenvalue weighted by Gasteiger charge is -2.40. The lowest BCUT2D eigenvalue weighted by atomic mass is 10.0. The average molecular weight is 387 g/mol. The van der Waals surface area contributed by atoms with Crippen molar-refractivity contribution in [3.05, 3.63) is 35.2 Å². The van der Waals surface area contributed by atoms with Crippen molar-refractivity contribution < 1.29 is 4.74 Å². The third-order valence-corrected chi connectivity index (χ3v) is 5.52. The summed E-state index contributed by atoms with van der Waals surface area (Å²) in [6.45, 7) is 14.3. The van der Waals surface area contributed by atoms with Gasteiger partial charge in [0, 0.05) is 39.0 Å². The minimum absolute atomic E-state index is 0.243. The van der Waals surface area contributed by atoms with E-state index in [1.165, 1.54) is 16.8 Å². The molecule has 0 amide bonds. The number of aromatic nitrogens is 4. The van der Waals surface area contributed by atoms with Crippen molar-refractivity contribution >= 4 is 5.69 Å². The zero-order valence-electron chi connectivity index (χ0n) is 17.9. The Labute approximate surface area is 168 Å². The van der Waals surface area contributed by atoms with Gasteiger partial charge < -0.3 is 9.64 Å². The van der Waals surface area contributed by atoms with Gasteiger partial charge in [-0.3, -0.25) is 4.90 Å². The molecule has 1 aromatic carbocycles. The van der Waals surface area contributed by atoms with Crippen molar-refractivity contribution in [1.29, 1.82) is 0 Å². The summed E-state index contributed by atoms with van der Waals surface area (Å²) in [5.74, 6) is 1.54. The fourth-order valence-corrected chi connectivity index (χ4v) is 3.99. The molecule has 2 aromatic rings. The monoisotopic (exact) mass is 386 g/mol. The Bertz CT molecular complexity index is 751. The molecule has 0 radical (unpaired) electrons. The molecular weight excluding hydrogens is 352 g/mol. The number of hydrogen-bond donors (Lipinski definition) is 0. The summed E-state index contributed by atoms with van der Waals surface area (Å²) in [5, 5.41) is 12.5. The van der Waals surface area contributed by atoms with Gasteiger partial charge in [0.2, 0.25) is 0 Å². The van der Waals surface area contributed by atoms with E-state index in [1.54, 1.807) is 7.11 Å². The summed E-state index contributed by atoms with van der Waals surface area (Å²) in [6.07, 6.45) is 1.05. The molecule has 1 atom stereocenters. The molecule has 0 bridgehead atoms. The topological polar surface area (TPSA) is 59.3 Å². The first-order chi connectivity index (χ1) is 13.5. The fourth-order valence-electron chi connectivity index (χ4n) is 3.99. The molecule has 1 aliphatic rings. The van der Waals surface area contributed by atoms with Crippen LogP contribution in [0, 0.1) is 19.8 Å². The van der Waals surface area contributed by atoms with Gasteiger partial charge in [-0.1, -0.05) is 26.0 Å². The van der Waals surface area contributed by atoms with Crippen LogP contribution in [0.15, 0.2) is 18.2 Å². The number of methoxy groups -OCH3 is 1. The highest BCUT2D eigenvalue weighted by molar-refractivity contribution is 5.55. The van der Waals surface area contributed by atoms with Crippen LogP contribution in [0.25, 0.3) is 0 Å². The van der Waals surface area contributed by atoms with Crippen LogP contribution in [0.1, 0.15) is 43.3 Å². The Morgan fingerprint density at radius 1 is 1.11 bits per heavy atom. The molecule has 7 heteroatoms. The van der Waals surface area contributed by atoms with Crippen molar-refractivity contribution in [2.24, 2.45) is 5.92 Å². The summed E-state index contributed by atoms with van der Waals surface area (Å²) < 4.78 is 7.13. The van der Waals surface area contributed by atoms with Gasteiger partial charge in [0.05, 0.1) is 19.2 Å². The number of ether oxygens (including phenoxy) is 1. The van der Waals surface area contributed by atoms with Gasteiger partial charge in [0.1, 0.15) is 0 Å². The van der Waals surface area contributed by atoms with Gasteiger partial charge in [0.25, 0.3) is 0 Å². The second-order valence-corrected chi connectivity index (χ2v) is 8.21. The lowest BCUT2D eigenvalue weighted by molar-refractivity contribution is 0.145. The number of benzene rings is 1. The van der Waals surface area contributed by atoms with E-state index >= 15 is 0 Å². The molecule has 0 aliphatic carbocycles. The number of aryl methyl sites for hydroxylation is 2. The predicted octanol–water partition coefficient (Wildman–Crippen LogP) is 2.85. The molecule has 2 heterocycles. The van der Waals surface area contributed by atoms with Crippen LogP contribution in [-0.4, -0.2) is 65.0 Å². The van der Waals surface area contributed by atoms with E-state index in [0.29, 0.717) is 19.1 Å². The molecule has 1 fully saturated rings. The summed E-state index contributed by atoms with van der Waals surface area (Å²) in [6, 6.07) is 6.96. The lowest BCUT2D eigenvalue weighted by Crippen LogP contribution is -2.48. The quantitative estimate of drug-likeness (QED) is 0.695. The third-order valence-electron chi connectivity index (χ3n) is 5.52. The Hall–Kier alpha value is -1.99. The highest BCUT2D eigenvalue weighted by Crippen LogP contribution is 2.29. The first-order valence-corrected chi connectivity index (χ1v) is 10.3. The van der Waals surface area contributed by atoms with E-state index in [0.717, 1.165) is 38.4 Å². The average Bonchev–Trinajstić information content (AvgIpc) is 3.14. The molecule has 0 N–H and O–H groups in total. The molecule has 154 valence electrons. The van der Waals surface area contributed by atoms with Gasteiger partial charge in [-0.2, -0.15) is 0 Å². The van der Waals surface area contributed by atoms with E-state index < -0.39 is 0 Å². The van der Waals surface area contributed by atoms with Crippen LogP contribution in [0.4, 0.5) is 5.69 Å². The Morgan fingerprint density at radius 2 is 1.86 bits per heavy atom. The maximum atomic E-state index is 5.22. The molecule has 1 unspecified atom stereocenters. The predicted molar refractivity (Wildman–Crippen MR) is 112 cm³/mol. The minimum atomic E-state index is 0.243.